The second kappa shape index (κ2) is 4.56. The number of hydrogen-bond donors (Lipinski definition) is 1. The van der Waals surface area contributed by atoms with Crippen LogP contribution >= 0.6 is 0 Å². The molecule has 86 valence electrons. The van der Waals surface area contributed by atoms with E-state index in [1.54, 1.807) is 0 Å². The first-order valence-electron chi connectivity index (χ1n) is 5.73. The van der Waals surface area contributed by atoms with Crippen molar-refractivity contribution in [2.75, 3.05) is 18.0 Å². The van der Waals surface area contributed by atoms with E-state index in [9.17, 15) is 4.79 Å². The Labute approximate surface area is 95.7 Å². The predicted molar refractivity (Wildman–Crippen MR) is 64.0 cm³/mol. The van der Waals surface area contributed by atoms with Crippen LogP contribution in [0.25, 0.3) is 0 Å². The Morgan fingerprint density at radius 3 is 2.69 bits per heavy atom. The van der Waals surface area contributed by atoms with Crippen LogP contribution in [0.15, 0.2) is 18.2 Å². The first-order chi connectivity index (χ1) is 7.66. The topological polar surface area (TPSA) is 40.5 Å². The average Bonchev–Trinajstić information content (AvgIpc) is 2.69. The SMILES string of the molecule is Cc1ccc(N2CCCC2)c(CC(=O)O)c1. The van der Waals surface area contributed by atoms with E-state index < -0.39 is 5.97 Å². The van der Waals surface area contributed by atoms with Gasteiger partial charge >= 0.3 is 5.97 Å². The van der Waals surface area contributed by atoms with E-state index in [2.05, 4.69) is 17.0 Å². The number of aryl methyl sites for hydroxylation is 1. The smallest absolute Gasteiger partial charge is 0.307 e. The van der Waals surface area contributed by atoms with Gasteiger partial charge in [-0.1, -0.05) is 17.7 Å². The molecule has 1 aliphatic rings. The molecule has 1 saturated heterocycles. The van der Waals surface area contributed by atoms with Crippen molar-refractivity contribution in [3.63, 3.8) is 0 Å². The van der Waals surface area contributed by atoms with Gasteiger partial charge in [-0.05, 0) is 31.4 Å². The fraction of sp³-hybridized carbons (Fsp3) is 0.462. The van der Waals surface area contributed by atoms with Gasteiger partial charge in [0.25, 0.3) is 0 Å². The molecular formula is C13H17NO2. The van der Waals surface area contributed by atoms with Crippen molar-refractivity contribution in [1.82, 2.24) is 0 Å². The van der Waals surface area contributed by atoms with Crippen LogP contribution in [0.1, 0.15) is 24.0 Å². The maximum Gasteiger partial charge on any atom is 0.307 e. The number of nitrogens with zero attached hydrogens (tertiary/aromatic N) is 1. The molecule has 2 rings (SSSR count). The maximum atomic E-state index is 10.8. The highest BCUT2D eigenvalue weighted by Crippen LogP contribution is 2.26. The quantitative estimate of drug-likeness (QED) is 0.847. The summed E-state index contributed by atoms with van der Waals surface area (Å²) >= 11 is 0. The molecule has 0 aliphatic carbocycles. The molecule has 0 spiro atoms. The van der Waals surface area contributed by atoms with E-state index in [0.29, 0.717) is 0 Å². The lowest BCUT2D eigenvalue weighted by Crippen LogP contribution is -2.20. The Balaban J connectivity index is 2.30. The van der Waals surface area contributed by atoms with Crippen LogP contribution in [0.2, 0.25) is 0 Å². The molecular weight excluding hydrogens is 202 g/mol. The second-order valence-corrected chi connectivity index (χ2v) is 4.40. The van der Waals surface area contributed by atoms with Crippen LogP contribution in [0.4, 0.5) is 5.69 Å². The number of benzene rings is 1. The van der Waals surface area contributed by atoms with Crippen LogP contribution in [0.5, 0.6) is 0 Å². The van der Waals surface area contributed by atoms with Crippen molar-refractivity contribution < 1.29 is 9.90 Å². The van der Waals surface area contributed by atoms with E-state index in [1.165, 1.54) is 12.8 Å². The van der Waals surface area contributed by atoms with E-state index in [4.69, 9.17) is 5.11 Å². The Bertz CT molecular complexity index is 395. The molecule has 1 aromatic carbocycles. The molecule has 3 nitrogen and oxygen atoms in total. The zero-order valence-corrected chi connectivity index (χ0v) is 9.57. The van der Waals surface area contributed by atoms with E-state index >= 15 is 0 Å². The minimum Gasteiger partial charge on any atom is -0.481 e. The van der Waals surface area contributed by atoms with Gasteiger partial charge in [0.05, 0.1) is 6.42 Å². The lowest BCUT2D eigenvalue weighted by Gasteiger charge is -2.21. The summed E-state index contributed by atoms with van der Waals surface area (Å²) in [6, 6.07) is 6.10. The summed E-state index contributed by atoms with van der Waals surface area (Å²) in [5, 5.41) is 8.91. The number of carbonyl (C=O) groups is 1. The molecule has 1 heterocycles. The normalized spacial score (nSPS) is 15.4. The van der Waals surface area contributed by atoms with Crippen LogP contribution in [-0.4, -0.2) is 24.2 Å². The monoisotopic (exact) mass is 219 g/mol. The lowest BCUT2D eigenvalue weighted by molar-refractivity contribution is -0.136. The van der Waals surface area contributed by atoms with Crippen LogP contribution in [-0.2, 0) is 11.2 Å². The summed E-state index contributed by atoms with van der Waals surface area (Å²) in [4.78, 5) is 13.1. The number of carboxylic acid groups (broad SMARTS) is 1. The molecule has 1 aliphatic heterocycles. The minimum atomic E-state index is -0.758. The predicted octanol–water partition coefficient (Wildman–Crippen LogP) is 2.22. The summed E-state index contributed by atoms with van der Waals surface area (Å²) < 4.78 is 0. The molecule has 0 bridgehead atoms. The highest BCUT2D eigenvalue weighted by molar-refractivity contribution is 5.74. The summed E-state index contributed by atoms with van der Waals surface area (Å²) in [7, 11) is 0. The Kier molecular flexibility index (Phi) is 3.13. The average molecular weight is 219 g/mol. The molecule has 0 amide bonds. The molecule has 0 atom stereocenters. The number of carboxylic acids is 1. The molecule has 0 saturated carbocycles. The van der Waals surface area contributed by atoms with Gasteiger partial charge in [-0.2, -0.15) is 0 Å². The van der Waals surface area contributed by atoms with Gasteiger partial charge < -0.3 is 10.0 Å². The van der Waals surface area contributed by atoms with Crippen LogP contribution < -0.4 is 4.90 Å². The Morgan fingerprint density at radius 2 is 2.06 bits per heavy atom. The second-order valence-electron chi connectivity index (χ2n) is 4.40. The van der Waals surface area contributed by atoms with Gasteiger partial charge in [0.15, 0.2) is 0 Å². The summed E-state index contributed by atoms with van der Waals surface area (Å²) in [6.07, 6.45) is 2.54. The van der Waals surface area contributed by atoms with Crippen molar-refractivity contribution in [2.24, 2.45) is 0 Å². The third-order valence-electron chi connectivity index (χ3n) is 3.02. The molecule has 1 aromatic rings. The number of anilines is 1. The summed E-state index contributed by atoms with van der Waals surface area (Å²) in [6.45, 7) is 4.10. The maximum absolute atomic E-state index is 10.8. The number of rotatable bonds is 3. The van der Waals surface area contributed by atoms with Gasteiger partial charge in [-0.15, -0.1) is 0 Å². The van der Waals surface area contributed by atoms with Crippen LogP contribution in [0, 0.1) is 6.92 Å². The third-order valence-corrected chi connectivity index (χ3v) is 3.02. The van der Waals surface area contributed by atoms with Crippen molar-refractivity contribution >= 4 is 11.7 Å². The van der Waals surface area contributed by atoms with Gasteiger partial charge in [0, 0.05) is 18.8 Å². The van der Waals surface area contributed by atoms with Crippen molar-refractivity contribution in [1.29, 1.82) is 0 Å². The van der Waals surface area contributed by atoms with Crippen molar-refractivity contribution in [3.8, 4) is 0 Å². The first-order valence-corrected chi connectivity index (χ1v) is 5.73. The first kappa shape index (κ1) is 11.0. The summed E-state index contributed by atoms with van der Waals surface area (Å²) in [5.41, 5.74) is 3.17. The minimum absolute atomic E-state index is 0.119. The van der Waals surface area contributed by atoms with E-state index in [0.717, 1.165) is 29.9 Å². The molecule has 0 radical (unpaired) electrons. The number of aliphatic carboxylic acids is 1. The third kappa shape index (κ3) is 2.35. The zero-order chi connectivity index (χ0) is 11.5. The Hall–Kier alpha value is -1.51. The van der Waals surface area contributed by atoms with E-state index in [1.807, 2.05) is 13.0 Å². The standard InChI is InChI=1S/C13H17NO2/c1-10-4-5-12(14-6-2-3-7-14)11(8-10)9-13(15)16/h4-5,8H,2-3,6-7,9H2,1H3,(H,15,16). The lowest BCUT2D eigenvalue weighted by atomic mass is 10.1. The molecule has 3 heteroatoms. The number of hydrogen-bond acceptors (Lipinski definition) is 2. The molecule has 0 aromatic heterocycles. The molecule has 16 heavy (non-hydrogen) atoms. The fourth-order valence-corrected chi connectivity index (χ4v) is 2.29. The van der Waals surface area contributed by atoms with Crippen molar-refractivity contribution in [3.05, 3.63) is 29.3 Å². The molecule has 1 N–H and O–H groups in total. The van der Waals surface area contributed by atoms with E-state index in [-0.39, 0.29) is 6.42 Å². The highest BCUT2D eigenvalue weighted by Gasteiger charge is 2.16. The largest absolute Gasteiger partial charge is 0.481 e. The Morgan fingerprint density at radius 1 is 1.38 bits per heavy atom. The van der Waals surface area contributed by atoms with Gasteiger partial charge in [-0.3, -0.25) is 4.79 Å². The van der Waals surface area contributed by atoms with Gasteiger partial charge in [-0.25, -0.2) is 0 Å². The zero-order valence-electron chi connectivity index (χ0n) is 9.57. The van der Waals surface area contributed by atoms with Gasteiger partial charge in [0.1, 0.15) is 0 Å². The molecule has 0 unspecified atom stereocenters. The fourth-order valence-electron chi connectivity index (χ4n) is 2.29. The molecule has 1 fully saturated rings. The highest BCUT2D eigenvalue weighted by atomic mass is 16.4. The summed E-state index contributed by atoms with van der Waals surface area (Å²) in [5.74, 6) is -0.758. The van der Waals surface area contributed by atoms with Gasteiger partial charge in [0.2, 0.25) is 0 Å². The van der Waals surface area contributed by atoms with Crippen LogP contribution in [0.3, 0.4) is 0 Å². The van der Waals surface area contributed by atoms with Crippen molar-refractivity contribution in [2.45, 2.75) is 26.2 Å².